The molecule has 0 saturated carbocycles. The second-order valence-corrected chi connectivity index (χ2v) is 3.10. The lowest BCUT2D eigenvalue weighted by Crippen LogP contribution is -2.11. The number of hydrogen-bond acceptors (Lipinski definition) is 1. The van der Waals surface area contributed by atoms with E-state index in [0.717, 1.165) is 0 Å². The van der Waals surface area contributed by atoms with E-state index in [1.807, 2.05) is 0 Å². The van der Waals surface area contributed by atoms with Crippen LogP contribution in [0.4, 0.5) is 13.2 Å². The number of aromatic nitrogens is 1. The Balaban J connectivity index is 3.36. The third-order valence-electron chi connectivity index (χ3n) is 2.03. The zero-order valence-electron chi connectivity index (χ0n) is 8.23. The van der Waals surface area contributed by atoms with Gasteiger partial charge in [0.15, 0.2) is 0 Å². The molecule has 0 aliphatic heterocycles. The van der Waals surface area contributed by atoms with E-state index in [1.165, 1.54) is 18.5 Å². The van der Waals surface area contributed by atoms with Gasteiger partial charge in [-0.05, 0) is 18.1 Å². The standard InChI is InChI=1S/C11H10F3N/c1-4-9-6-15-5-7(2)10(9)8(3)11(12,13)14/h4-6H,1,3H2,2H3. The molecule has 0 aromatic carbocycles. The van der Waals surface area contributed by atoms with Gasteiger partial charge in [-0.3, -0.25) is 4.98 Å². The van der Waals surface area contributed by atoms with Crippen molar-refractivity contribution in [3.8, 4) is 0 Å². The second kappa shape index (κ2) is 3.88. The van der Waals surface area contributed by atoms with Crippen LogP contribution in [0.15, 0.2) is 25.6 Å². The largest absolute Gasteiger partial charge is 0.416 e. The van der Waals surface area contributed by atoms with E-state index >= 15 is 0 Å². The fraction of sp³-hybridized carbons (Fsp3) is 0.182. The van der Waals surface area contributed by atoms with Crippen molar-refractivity contribution >= 4 is 11.6 Å². The predicted molar refractivity (Wildman–Crippen MR) is 54.2 cm³/mol. The zero-order valence-corrected chi connectivity index (χ0v) is 8.23. The van der Waals surface area contributed by atoms with Crippen LogP contribution in [0.3, 0.4) is 0 Å². The monoisotopic (exact) mass is 213 g/mol. The lowest BCUT2D eigenvalue weighted by Gasteiger charge is -2.14. The quantitative estimate of drug-likeness (QED) is 0.731. The highest BCUT2D eigenvalue weighted by atomic mass is 19.4. The average molecular weight is 213 g/mol. The van der Waals surface area contributed by atoms with Gasteiger partial charge >= 0.3 is 6.18 Å². The van der Waals surface area contributed by atoms with E-state index < -0.39 is 11.7 Å². The van der Waals surface area contributed by atoms with E-state index in [-0.39, 0.29) is 5.56 Å². The Labute approximate surface area is 86.0 Å². The van der Waals surface area contributed by atoms with E-state index in [4.69, 9.17) is 0 Å². The van der Waals surface area contributed by atoms with Crippen LogP contribution in [0.5, 0.6) is 0 Å². The molecule has 0 fully saturated rings. The Morgan fingerprint density at radius 3 is 2.47 bits per heavy atom. The Morgan fingerprint density at radius 1 is 1.40 bits per heavy atom. The summed E-state index contributed by atoms with van der Waals surface area (Å²) in [6.07, 6.45) is -0.373. The molecule has 0 unspecified atom stereocenters. The molecule has 1 aromatic heterocycles. The van der Waals surface area contributed by atoms with Gasteiger partial charge in [0.05, 0.1) is 5.57 Å². The summed E-state index contributed by atoms with van der Waals surface area (Å²) >= 11 is 0. The summed E-state index contributed by atoms with van der Waals surface area (Å²) < 4.78 is 37.4. The maximum atomic E-state index is 12.5. The van der Waals surface area contributed by atoms with Crippen molar-refractivity contribution in [2.45, 2.75) is 13.1 Å². The highest BCUT2D eigenvalue weighted by molar-refractivity contribution is 5.76. The predicted octanol–water partition coefficient (Wildman–Crippen LogP) is 3.61. The Bertz CT molecular complexity index is 405. The van der Waals surface area contributed by atoms with Gasteiger partial charge in [-0.2, -0.15) is 13.2 Å². The number of rotatable bonds is 2. The maximum Gasteiger partial charge on any atom is 0.416 e. The smallest absolute Gasteiger partial charge is 0.264 e. The summed E-state index contributed by atoms with van der Waals surface area (Å²) in [4.78, 5) is 3.80. The van der Waals surface area contributed by atoms with Gasteiger partial charge in [0, 0.05) is 18.0 Å². The molecule has 0 bridgehead atoms. The van der Waals surface area contributed by atoms with Gasteiger partial charge in [0.25, 0.3) is 0 Å². The highest BCUT2D eigenvalue weighted by Crippen LogP contribution is 2.35. The van der Waals surface area contributed by atoms with Gasteiger partial charge < -0.3 is 0 Å². The van der Waals surface area contributed by atoms with Crippen molar-refractivity contribution in [1.82, 2.24) is 4.98 Å². The highest BCUT2D eigenvalue weighted by Gasteiger charge is 2.34. The van der Waals surface area contributed by atoms with Crippen LogP contribution in [0, 0.1) is 6.92 Å². The van der Waals surface area contributed by atoms with Gasteiger partial charge in [-0.15, -0.1) is 0 Å². The number of nitrogens with zero attached hydrogens (tertiary/aromatic N) is 1. The fourth-order valence-corrected chi connectivity index (χ4v) is 1.29. The summed E-state index contributed by atoms with van der Waals surface area (Å²) in [7, 11) is 0. The minimum atomic E-state index is -4.43. The van der Waals surface area contributed by atoms with Crippen LogP contribution >= 0.6 is 0 Å². The number of hydrogen-bond donors (Lipinski definition) is 0. The van der Waals surface area contributed by atoms with Crippen LogP contribution < -0.4 is 0 Å². The van der Waals surface area contributed by atoms with Gasteiger partial charge in [0.1, 0.15) is 0 Å². The minimum Gasteiger partial charge on any atom is -0.264 e. The molecule has 15 heavy (non-hydrogen) atoms. The molecule has 0 aliphatic rings. The van der Waals surface area contributed by atoms with Crippen LogP contribution in [-0.2, 0) is 0 Å². The summed E-state index contributed by atoms with van der Waals surface area (Å²) in [6.45, 7) is 8.08. The molecular weight excluding hydrogens is 203 g/mol. The molecule has 0 N–H and O–H groups in total. The van der Waals surface area contributed by atoms with Crippen molar-refractivity contribution in [3.63, 3.8) is 0 Å². The molecular formula is C11H10F3N. The number of aryl methyl sites for hydroxylation is 1. The number of allylic oxidation sites excluding steroid dienone is 1. The van der Waals surface area contributed by atoms with Crippen LogP contribution in [0.2, 0.25) is 0 Å². The molecule has 4 heteroatoms. The molecule has 0 atom stereocenters. The van der Waals surface area contributed by atoms with Gasteiger partial charge in [-0.1, -0.05) is 19.2 Å². The third-order valence-corrected chi connectivity index (χ3v) is 2.03. The molecule has 1 aromatic rings. The summed E-state index contributed by atoms with van der Waals surface area (Å²) in [5.74, 6) is 0. The van der Waals surface area contributed by atoms with Gasteiger partial charge in [-0.25, -0.2) is 0 Å². The minimum absolute atomic E-state index is 0.0625. The summed E-state index contributed by atoms with van der Waals surface area (Å²) in [5.41, 5.74) is -0.0168. The first kappa shape index (κ1) is 11.5. The van der Waals surface area contributed by atoms with Crippen molar-refractivity contribution in [2.24, 2.45) is 0 Å². The Morgan fingerprint density at radius 2 is 2.00 bits per heavy atom. The maximum absolute atomic E-state index is 12.5. The number of halogens is 3. The molecule has 1 rings (SSSR count). The average Bonchev–Trinajstić information content (AvgIpc) is 2.15. The van der Waals surface area contributed by atoms with E-state index in [0.29, 0.717) is 11.1 Å². The van der Waals surface area contributed by atoms with E-state index in [2.05, 4.69) is 18.1 Å². The first-order chi connectivity index (χ1) is 6.88. The zero-order chi connectivity index (χ0) is 11.6. The Hall–Kier alpha value is -1.58. The van der Waals surface area contributed by atoms with Crippen molar-refractivity contribution in [1.29, 1.82) is 0 Å². The summed E-state index contributed by atoms with van der Waals surface area (Å²) in [6, 6.07) is 0. The Kier molecular flexibility index (Phi) is 2.98. The third kappa shape index (κ3) is 2.26. The van der Waals surface area contributed by atoms with Crippen LogP contribution in [0.1, 0.15) is 16.7 Å². The molecule has 0 radical (unpaired) electrons. The first-order valence-electron chi connectivity index (χ1n) is 4.21. The number of alkyl halides is 3. The first-order valence-corrected chi connectivity index (χ1v) is 4.21. The van der Waals surface area contributed by atoms with Crippen LogP contribution in [-0.4, -0.2) is 11.2 Å². The molecule has 0 saturated heterocycles. The van der Waals surface area contributed by atoms with Crippen LogP contribution in [0.25, 0.3) is 11.6 Å². The van der Waals surface area contributed by atoms with Crippen molar-refractivity contribution < 1.29 is 13.2 Å². The lowest BCUT2D eigenvalue weighted by molar-refractivity contribution is -0.0687. The van der Waals surface area contributed by atoms with Crippen molar-refractivity contribution in [3.05, 3.63) is 42.2 Å². The molecule has 0 spiro atoms. The molecule has 0 aliphatic carbocycles. The normalized spacial score (nSPS) is 11.2. The summed E-state index contributed by atoms with van der Waals surface area (Å²) in [5, 5.41) is 0. The second-order valence-electron chi connectivity index (χ2n) is 3.10. The van der Waals surface area contributed by atoms with E-state index in [1.54, 1.807) is 6.92 Å². The number of pyridine rings is 1. The van der Waals surface area contributed by atoms with Crippen molar-refractivity contribution in [2.75, 3.05) is 0 Å². The topological polar surface area (TPSA) is 12.9 Å². The molecule has 80 valence electrons. The molecule has 1 heterocycles. The SMILES string of the molecule is C=Cc1cncc(C)c1C(=C)C(F)(F)F. The van der Waals surface area contributed by atoms with Gasteiger partial charge in [0.2, 0.25) is 0 Å². The molecule has 0 amide bonds. The fourth-order valence-electron chi connectivity index (χ4n) is 1.29. The lowest BCUT2D eigenvalue weighted by atomic mass is 9.98. The van der Waals surface area contributed by atoms with E-state index in [9.17, 15) is 13.2 Å². The molecule has 1 nitrogen and oxygen atoms in total.